The molecular weight excluding hydrogens is 736 g/mol. The van der Waals surface area contributed by atoms with E-state index in [-0.39, 0.29) is 22.6 Å². The van der Waals surface area contributed by atoms with Crippen molar-refractivity contribution in [3.05, 3.63) is 77.2 Å². The average Bonchev–Trinajstić information content (AvgIpc) is 3.79. The van der Waals surface area contributed by atoms with Crippen molar-refractivity contribution in [2.45, 2.75) is 54.8 Å². The van der Waals surface area contributed by atoms with Gasteiger partial charge in [-0.1, -0.05) is 41.9 Å². The molecule has 0 unspecified atom stereocenters. The number of aromatic nitrogens is 5. The molecule has 5 aromatic rings. The number of imide groups is 1. The Morgan fingerprint density at radius 3 is 2.38 bits per heavy atom. The van der Waals surface area contributed by atoms with E-state index in [1.165, 1.54) is 45.4 Å². The van der Waals surface area contributed by atoms with Crippen molar-refractivity contribution in [1.29, 1.82) is 0 Å². The van der Waals surface area contributed by atoms with Gasteiger partial charge in [0.25, 0.3) is 10.0 Å². The van der Waals surface area contributed by atoms with Gasteiger partial charge in [0, 0.05) is 56.6 Å². The summed E-state index contributed by atoms with van der Waals surface area (Å²) in [5.74, 6) is 1.22. The molecule has 2 N–H and O–H groups in total. The summed E-state index contributed by atoms with van der Waals surface area (Å²) in [6.07, 6.45) is 8.15. The Morgan fingerprint density at radius 2 is 1.66 bits per heavy atom. The van der Waals surface area contributed by atoms with E-state index in [1.807, 2.05) is 29.9 Å². The number of nitrogens with one attached hydrogen (secondary N) is 2. The highest BCUT2D eigenvalue weighted by Crippen LogP contribution is 2.35. The molecule has 2 aromatic carbocycles. The number of aryl methyl sites for hydroxylation is 1. The van der Waals surface area contributed by atoms with E-state index in [0.717, 1.165) is 48.9 Å². The molecule has 0 radical (unpaired) electrons. The molecular formula is C36H39ClN10O4S2. The Balaban J connectivity index is 0.840. The van der Waals surface area contributed by atoms with E-state index in [4.69, 9.17) is 11.6 Å². The molecule has 8 rings (SSSR count). The first kappa shape index (κ1) is 35.5. The van der Waals surface area contributed by atoms with Crippen LogP contribution in [0.1, 0.15) is 49.1 Å². The lowest BCUT2D eigenvalue weighted by Crippen LogP contribution is -2.49. The third kappa shape index (κ3) is 7.51. The summed E-state index contributed by atoms with van der Waals surface area (Å²) in [5.41, 5.74) is 4.33. The number of piperidine rings is 2. The van der Waals surface area contributed by atoms with Crippen LogP contribution in [0.2, 0.25) is 5.02 Å². The lowest BCUT2D eigenvalue weighted by Gasteiger charge is -2.32. The first-order valence-electron chi connectivity index (χ1n) is 17.7. The normalized spacial score (nSPS) is 18.5. The van der Waals surface area contributed by atoms with Crippen LogP contribution in [0.3, 0.4) is 0 Å². The van der Waals surface area contributed by atoms with Gasteiger partial charge in [-0.2, -0.15) is 9.40 Å². The van der Waals surface area contributed by atoms with Gasteiger partial charge in [-0.3, -0.25) is 24.6 Å². The van der Waals surface area contributed by atoms with E-state index in [0.29, 0.717) is 60.2 Å². The van der Waals surface area contributed by atoms with Crippen molar-refractivity contribution < 1.29 is 18.0 Å². The molecule has 53 heavy (non-hydrogen) atoms. The number of rotatable bonds is 9. The second kappa shape index (κ2) is 14.7. The molecule has 14 nitrogen and oxygen atoms in total. The first-order valence-corrected chi connectivity index (χ1v) is 20.3. The predicted molar refractivity (Wildman–Crippen MR) is 203 cm³/mol. The van der Waals surface area contributed by atoms with Crippen molar-refractivity contribution in [2.75, 3.05) is 42.9 Å². The lowest BCUT2D eigenvalue weighted by atomic mass is 9.89. The Labute approximate surface area is 316 Å². The Hall–Kier alpha value is -4.48. The van der Waals surface area contributed by atoms with Crippen molar-refractivity contribution >= 4 is 67.6 Å². The molecule has 0 aliphatic carbocycles. The Kier molecular flexibility index (Phi) is 9.89. The summed E-state index contributed by atoms with van der Waals surface area (Å²) < 4.78 is 30.6. The van der Waals surface area contributed by atoms with Crippen LogP contribution in [-0.4, -0.2) is 93.1 Å². The van der Waals surface area contributed by atoms with Gasteiger partial charge in [-0.05, 0) is 68.0 Å². The number of carbonyl (C=O) groups excluding carboxylic acids is 2. The van der Waals surface area contributed by atoms with E-state index in [1.54, 1.807) is 4.90 Å². The van der Waals surface area contributed by atoms with Gasteiger partial charge in [0.1, 0.15) is 5.01 Å². The zero-order valence-corrected chi connectivity index (χ0v) is 31.5. The molecule has 3 aromatic heterocycles. The van der Waals surface area contributed by atoms with Gasteiger partial charge in [0.2, 0.25) is 11.9 Å². The molecule has 0 atom stereocenters. The van der Waals surface area contributed by atoms with Crippen LogP contribution >= 0.6 is 22.9 Å². The molecule has 3 fully saturated rings. The minimum Gasteiger partial charge on any atom is -0.351 e. The van der Waals surface area contributed by atoms with Crippen molar-refractivity contribution in [3.8, 4) is 10.6 Å². The zero-order valence-electron chi connectivity index (χ0n) is 29.1. The highest BCUT2D eigenvalue weighted by Gasteiger charge is 2.32. The van der Waals surface area contributed by atoms with Crippen LogP contribution in [0.5, 0.6) is 0 Å². The molecule has 3 aliphatic rings. The van der Waals surface area contributed by atoms with Gasteiger partial charge in [-0.15, -0.1) is 11.3 Å². The van der Waals surface area contributed by atoms with Crippen LogP contribution < -0.4 is 15.5 Å². The molecule has 6 heterocycles. The van der Waals surface area contributed by atoms with Crippen LogP contribution in [0.4, 0.5) is 16.6 Å². The Morgan fingerprint density at radius 1 is 0.925 bits per heavy atom. The molecule has 0 spiro atoms. The number of hydrogen-bond acceptors (Lipinski definition) is 11. The molecule has 276 valence electrons. The van der Waals surface area contributed by atoms with Crippen LogP contribution in [-0.2, 0) is 28.4 Å². The number of carbonyl (C=O) groups is 2. The monoisotopic (exact) mass is 774 g/mol. The van der Waals surface area contributed by atoms with E-state index in [2.05, 4.69) is 59.8 Å². The minimum atomic E-state index is -3.65. The summed E-state index contributed by atoms with van der Waals surface area (Å²) >= 11 is 7.08. The highest BCUT2D eigenvalue weighted by molar-refractivity contribution is 7.91. The summed E-state index contributed by atoms with van der Waals surface area (Å²) in [5, 5.41) is 12.3. The maximum Gasteiger partial charge on any atom is 0.329 e. The van der Waals surface area contributed by atoms with Crippen LogP contribution in [0.15, 0.2) is 65.3 Å². The smallest absolute Gasteiger partial charge is 0.329 e. The number of urea groups is 1. The van der Waals surface area contributed by atoms with Gasteiger partial charge in [-0.25, -0.2) is 28.2 Å². The molecule has 17 heteroatoms. The minimum absolute atomic E-state index is 0.0780. The van der Waals surface area contributed by atoms with Gasteiger partial charge in [0.05, 0.1) is 29.1 Å². The van der Waals surface area contributed by atoms with Crippen LogP contribution in [0.25, 0.3) is 21.5 Å². The second-order valence-electron chi connectivity index (χ2n) is 13.8. The lowest BCUT2D eigenvalue weighted by molar-refractivity contribution is -0.120. The average molecular weight is 775 g/mol. The third-order valence-corrected chi connectivity index (χ3v) is 13.9. The van der Waals surface area contributed by atoms with Crippen molar-refractivity contribution in [3.63, 3.8) is 0 Å². The largest absolute Gasteiger partial charge is 0.351 e. The second-order valence-corrected chi connectivity index (χ2v) is 17.4. The fourth-order valence-corrected chi connectivity index (χ4v) is 10.2. The van der Waals surface area contributed by atoms with Gasteiger partial charge in [0.15, 0.2) is 10.0 Å². The number of halogens is 1. The number of nitrogens with zero attached hydrogens (tertiary/aromatic N) is 8. The van der Waals surface area contributed by atoms with Gasteiger partial charge < -0.3 is 5.32 Å². The molecule has 3 aliphatic heterocycles. The number of thiazole rings is 1. The SMILES string of the molecule is Cn1nc(N2CCC(=O)NC2=O)c2ccc(C3CCN(Cc4ccc(-c5ncc(S(=O)(=O)N6CCC(Nc7ncc(Cl)cn7)CC6)s5)cc4)CC3)cc21. The third-order valence-electron chi connectivity index (χ3n) is 10.3. The van der Waals surface area contributed by atoms with E-state index in [9.17, 15) is 18.0 Å². The molecule has 0 bridgehead atoms. The quantitative estimate of drug-likeness (QED) is 0.203. The maximum absolute atomic E-state index is 13.5. The number of hydrogen-bond donors (Lipinski definition) is 2. The zero-order chi connectivity index (χ0) is 36.7. The fourth-order valence-electron chi connectivity index (χ4n) is 7.36. The number of amides is 3. The number of fused-ring (bicyclic) bond motifs is 1. The molecule has 0 saturated carbocycles. The van der Waals surface area contributed by atoms with E-state index < -0.39 is 16.1 Å². The predicted octanol–water partition coefficient (Wildman–Crippen LogP) is 5.23. The van der Waals surface area contributed by atoms with Gasteiger partial charge >= 0.3 is 6.03 Å². The summed E-state index contributed by atoms with van der Waals surface area (Å²) in [6.45, 7) is 3.90. The number of likely N-dealkylation sites (tertiary alicyclic amines) is 1. The van der Waals surface area contributed by atoms with Crippen molar-refractivity contribution in [2.24, 2.45) is 7.05 Å². The van der Waals surface area contributed by atoms with E-state index >= 15 is 0 Å². The number of benzene rings is 2. The summed E-state index contributed by atoms with van der Waals surface area (Å²) in [6, 6.07) is 14.3. The standard InChI is InChI=1S/C36H39ClN10O4S2/c1-44-30-18-26(6-7-29(30)33(43-44)47-17-12-31(48)42-36(47)49)24-8-13-45(14-9-24)22-23-2-4-25(5-3-23)34-38-21-32(52-34)53(50,51)46-15-10-28(11-16-46)41-35-39-19-27(37)20-40-35/h2-7,18-21,24,28H,8-17,22H2,1H3,(H,39,40,41)(H,42,48,49). The molecule has 3 amide bonds. The molecule has 3 saturated heterocycles. The number of anilines is 2. The topological polar surface area (TPSA) is 159 Å². The first-order chi connectivity index (χ1) is 25.6. The number of sulfonamides is 1. The Bertz CT molecular complexity index is 2250. The van der Waals surface area contributed by atoms with Crippen molar-refractivity contribution in [1.82, 2.24) is 39.3 Å². The summed E-state index contributed by atoms with van der Waals surface area (Å²) in [4.78, 5) is 41.0. The fraction of sp³-hybridized carbons (Fsp3) is 0.389. The highest BCUT2D eigenvalue weighted by atomic mass is 35.5. The maximum atomic E-state index is 13.5. The summed E-state index contributed by atoms with van der Waals surface area (Å²) in [7, 11) is -1.76. The van der Waals surface area contributed by atoms with Crippen LogP contribution in [0, 0.1) is 0 Å².